The minimum Gasteiger partial charge on any atom is -0.378 e. The number of piperazine rings is 1. The largest absolute Gasteiger partial charge is 0.378 e. The van der Waals surface area contributed by atoms with Crippen LogP contribution in [0.5, 0.6) is 0 Å². The van der Waals surface area contributed by atoms with Crippen LogP contribution in [0, 0.1) is 0 Å². The van der Waals surface area contributed by atoms with Crippen LogP contribution < -0.4 is 15.1 Å². The predicted octanol–water partition coefficient (Wildman–Crippen LogP) is 0.375. The monoisotopic (exact) mass is 289 g/mol. The first-order valence-electron chi connectivity index (χ1n) is 7.19. The molecule has 1 aromatic rings. The highest BCUT2D eigenvalue weighted by atomic mass is 16.5. The van der Waals surface area contributed by atoms with E-state index in [1.54, 1.807) is 11.8 Å². The van der Waals surface area contributed by atoms with Crippen LogP contribution >= 0.6 is 0 Å². The molecule has 112 valence electrons. The van der Waals surface area contributed by atoms with Gasteiger partial charge >= 0.3 is 0 Å². The topological polar surface area (TPSA) is 61.9 Å². The summed E-state index contributed by atoms with van der Waals surface area (Å²) in [6, 6.07) is 7.32. The highest BCUT2D eigenvalue weighted by molar-refractivity contribution is 6.06. The fraction of sp³-hybridized carbons (Fsp3) is 0.467. The number of morpholine rings is 1. The van der Waals surface area contributed by atoms with Crippen LogP contribution in [-0.4, -0.2) is 50.7 Å². The van der Waals surface area contributed by atoms with E-state index in [2.05, 4.69) is 10.2 Å². The van der Waals surface area contributed by atoms with Crippen LogP contribution in [0.15, 0.2) is 24.3 Å². The van der Waals surface area contributed by atoms with Crippen LogP contribution in [0.4, 0.5) is 11.4 Å². The fourth-order valence-corrected chi connectivity index (χ4v) is 2.74. The Labute approximate surface area is 123 Å². The van der Waals surface area contributed by atoms with Crippen LogP contribution in [0.1, 0.15) is 6.92 Å². The minimum atomic E-state index is -0.472. The molecule has 1 atom stereocenters. The van der Waals surface area contributed by atoms with Crippen molar-refractivity contribution in [2.75, 3.05) is 42.6 Å². The summed E-state index contributed by atoms with van der Waals surface area (Å²) in [7, 11) is 0. The molecule has 0 aromatic heterocycles. The Bertz CT molecular complexity index is 538. The highest BCUT2D eigenvalue weighted by Gasteiger charge is 2.31. The summed E-state index contributed by atoms with van der Waals surface area (Å²) in [4.78, 5) is 27.5. The van der Waals surface area contributed by atoms with Crippen molar-refractivity contribution in [3.8, 4) is 0 Å². The number of ether oxygens (including phenoxy) is 1. The number of rotatable bonds is 2. The van der Waals surface area contributed by atoms with Crippen molar-refractivity contribution in [1.29, 1.82) is 0 Å². The number of nitrogens with one attached hydrogen (secondary N) is 1. The lowest BCUT2D eigenvalue weighted by Crippen LogP contribution is -2.57. The molecule has 2 heterocycles. The van der Waals surface area contributed by atoms with E-state index < -0.39 is 6.04 Å². The summed E-state index contributed by atoms with van der Waals surface area (Å²) >= 11 is 0. The van der Waals surface area contributed by atoms with Gasteiger partial charge in [-0.1, -0.05) is 0 Å². The van der Waals surface area contributed by atoms with Gasteiger partial charge in [-0.25, -0.2) is 0 Å². The molecule has 3 rings (SSSR count). The van der Waals surface area contributed by atoms with E-state index in [9.17, 15) is 9.59 Å². The van der Waals surface area contributed by atoms with Gasteiger partial charge in [0.2, 0.25) is 11.8 Å². The summed E-state index contributed by atoms with van der Waals surface area (Å²) in [5.74, 6) is -0.201. The van der Waals surface area contributed by atoms with Crippen molar-refractivity contribution in [1.82, 2.24) is 5.32 Å². The van der Waals surface area contributed by atoms with E-state index in [0.717, 1.165) is 37.7 Å². The normalized spacial score (nSPS) is 23.2. The summed E-state index contributed by atoms with van der Waals surface area (Å²) in [6.45, 7) is 5.03. The molecule has 6 nitrogen and oxygen atoms in total. The summed E-state index contributed by atoms with van der Waals surface area (Å²) in [6.07, 6.45) is 0. The first-order chi connectivity index (χ1) is 10.2. The zero-order chi connectivity index (χ0) is 14.8. The third kappa shape index (κ3) is 2.71. The Morgan fingerprint density at radius 3 is 2.38 bits per heavy atom. The Balaban J connectivity index is 1.79. The van der Waals surface area contributed by atoms with Gasteiger partial charge in [-0.2, -0.15) is 0 Å². The standard InChI is InChI=1S/C15H19N3O3/c1-11-15(20)16-10-14(19)18(11)13-4-2-12(3-5-13)17-6-8-21-9-7-17/h2-5,11H,6-10H2,1H3,(H,16,20). The maximum absolute atomic E-state index is 12.0. The molecule has 0 aliphatic carbocycles. The van der Waals surface area contributed by atoms with Gasteiger partial charge in [0.05, 0.1) is 19.8 Å². The first-order valence-corrected chi connectivity index (χ1v) is 7.19. The zero-order valence-electron chi connectivity index (χ0n) is 12.0. The van der Waals surface area contributed by atoms with Gasteiger partial charge in [-0.05, 0) is 31.2 Å². The quantitative estimate of drug-likeness (QED) is 0.855. The fourth-order valence-electron chi connectivity index (χ4n) is 2.74. The van der Waals surface area contributed by atoms with Crippen molar-refractivity contribution in [2.24, 2.45) is 0 Å². The minimum absolute atomic E-state index is 0.0639. The Morgan fingerprint density at radius 1 is 1.10 bits per heavy atom. The van der Waals surface area contributed by atoms with Crippen LogP contribution in [-0.2, 0) is 14.3 Å². The predicted molar refractivity (Wildman–Crippen MR) is 79.4 cm³/mol. The second-order valence-corrected chi connectivity index (χ2v) is 5.27. The lowest BCUT2D eigenvalue weighted by Gasteiger charge is -2.33. The molecule has 2 aliphatic rings. The lowest BCUT2D eigenvalue weighted by molar-refractivity contribution is -0.130. The number of benzene rings is 1. The molecular weight excluding hydrogens is 270 g/mol. The number of hydrogen-bond donors (Lipinski definition) is 1. The molecule has 0 bridgehead atoms. The second kappa shape index (κ2) is 5.73. The SMILES string of the molecule is CC1C(=O)NCC(=O)N1c1ccc(N2CCOCC2)cc1. The Morgan fingerprint density at radius 2 is 1.71 bits per heavy atom. The third-order valence-electron chi connectivity index (χ3n) is 3.95. The Kier molecular flexibility index (Phi) is 3.79. The van der Waals surface area contributed by atoms with Crippen LogP contribution in [0.25, 0.3) is 0 Å². The number of hydrogen-bond acceptors (Lipinski definition) is 4. The number of anilines is 2. The second-order valence-electron chi connectivity index (χ2n) is 5.27. The average molecular weight is 289 g/mol. The lowest BCUT2D eigenvalue weighted by atomic mass is 10.1. The van der Waals surface area contributed by atoms with E-state index >= 15 is 0 Å². The van der Waals surface area contributed by atoms with Gasteiger partial charge in [0.15, 0.2) is 0 Å². The third-order valence-corrected chi connectivity index (χ3v) is 3.95. The van der Waals surface area contributed by atoms with Crippen molar-refractivity contribution in [3.05, 3.63) is 24.3 Å². The number of carbonyl (C=O) groups excluding carboxylic acids is 2. The van der Waals surface area contributed by atoms with E-state index in [4.69, 9.17) is 4.74 Å². The summed E-state index contributed by atoms with van der Waals surface area (Å²) < 4.78 is 5.34. The van der Waals surface area contributed by atoms with Gasteiger partial charge in [-0.15, -0.1) is 0 Å². The molecule has 21 heavy (non-hydrogen) atoms. The molecule has 2 aliphatic heterocycles. The average Bonchev–Trinajstić information content (AvgIpc) is 2.53. The molecule has 0 saturated carbocycles. The highest BCUT2D eigenvalue weighted by Crippen LogP contribution is 2.24. The van der Waals surface area contributed by atoms with E-state index in [1.807, 2.05) is 24.3 Å². The van der Waals surface area contributed by atoms with Crippen molar-refractivity contribution >= 4 is 23.2 Å². The van der Waals surface area contributed by atoms with Crippen molar-refractivity contribution < 1.29 is 14.3 Å². The van der Waals surface area contributed by atoms with Gasteiger partial charge in [0.1, 0.15) is 6.04 Å². The molecule has 6 heteroatoms. The number of amides is 2. The smallest absolute Gasteiger partial charge is 0.247 e. The molecule has 0 radical (unpaired) electrons. The summed E-state index contributed by atoms with van der Waals surface area (Å²) in [5.41, 5.74) is 1.88. The molecule has 1 N–H and O–H groups in total. The number of nitrogens with zero attached hydrogens (tertiary/aromatic N) is 2. The molecule has 2 amide bonds. The molecule has 0 spiro atoms. The summed E-state index contributed by atoms with van der Waals surface area (Å²) in [5, 5.41) is 2.59. The van der Waals surface area contributed by atoms with Gasteiger partial charge in [-0.3, -0.25) is 14.5 Å². The van der Waals surface area contributed by atoms with Gasteiger partial charge in [0.25, 0.3) is 0 Å². The van der Waals surface area contributed by atoms with Crippen molar-refractivity contribution in [3.63, 3.8) is 0 Å². The van der Waals surface area contributed by atoms with Crippen LogP contribution in [0.2, 0.25) is 0 Å². The molecule has 1 unspecified atom stereocenters. The molecule has 1 aromatic carbocycles. The molecule has 2 fully saturated rings. The van der Waals surface area contributed by atoms with Gasteiger partial charge in [0, 0.05) is 24.5 Å². The maximum Gasteiger partial charge on any atom is 0.247 e. The van der Waals surface area contributed by atoms with Crippen LogP contribution in [0.3, 0.4) is 0 Å². The first kappa shape index (κ1) is 13.9. The van der Waals surface area contributed by atoms with E-state index in [-0.39, 0.29) is 18.4 Å². The Hall–Kier alpha value is -2.08. The molecular formula is C15H19N3O3. The maximum atomic E-state index is 12.0. The number of carbonyl (C=O) groups is 2. The molecule has 2 saturated heterocycles. The van der Waals surface area contributed by atoms with Gasteiger partial charge < -0.3 is 15.0 Å². The van der Waals surface area contributed by atoms with E-state index in [1.165, 1.54) is 0 Å². The zero-order valence-corrected chi connectivity index (χ0v) is 12.0. The van der Waals surface area contributed by atoms with E-state index in [0.29, 0.717) is 0 Å². The van der Waals surface area contributed by atoms with Crippen molar-refractivity contribution in [2.45, 2.75) is 13.0 Å².